The van der Waals surface area contributed by atoms with Gasteiger partial charge in [-0.05, 0) is 31.7 Å². The second kappa shape index (κ2) is 5.90. The summed E-state index contributed by atoms with van der Waals surface area (Å²) in [5.41, 5.74) is 2.72. The van der Waals surface area contributed by atoms with Crippen molar-refractivity contribution >= 4 is 11.8 Å². The Morgan fingerprint density at radius 1 is 1.17 bits per heavy atom. The highest BCUT2D eigenvalue weighted by Crippen LogP contribution is 2.19. The molecule has 0 bridgehead atoms. The first-order valence-electron chi connectivity index (χ1n) is 3.85. The molecule has 0 heterocycles. The Morgan fingerprint density at radius 3 is 2.17 bits per heavy atom. The Bertz CT molecular complexity index is 241. The van der Waals surface area contributed by atoms with Gasteiger partial charge in [-0.15, -0.1) is 24.9 Å². The van der Waals surface area contributed by atoms with E-state index in [2.05, 4.69) is 51.5 Å². The average molecular weight is 180 g/mol. The van der Waals surface area contributed by atoms with Gasteiger partial charge in [-0.1, -0.05) is 17.7 Å². The maximum atomic E-state index is 3.00. The van der Waals surface area contributed by atoms with Gasteiger partial charge in [0.2, 0.25) is 0 Å². The van der Waals surface area contributed by atoms with Crippen molar-refractivity contribution in [2.24, 2.45) is 0 Å². The zero-order chi connectivity index (χ0) is 9.56. The minimum absolute atomic E-state index is 1.34. The summed E-state index contributed by atoms with van der Waals surface area (Å²) in [5.74, 6) is 0. The molecule has 0 aromatic heterocycles. The first-order chi connectivity index (χ1) is 5.74. The van der Waals surface area contributed by atoms with Crippen LogP contribution in [0, 0.1) is 13.8 Å². The fraction of sp³-hybridized carbons (Fsp3) is 0.273. The van der Waals surface area contributed by atoms with E-state index in [0.29, 0.717) is 0 Å². The van der Waals surface area contributed by atoms with Gasteiger partial charge in [-0.3, -0.25) is 0 Å². The zero-order valence-electron chi connectivity index (χ0n) is 8.05. The lowest BCUT2D eigenvalue weighted by Gasteiger charge is -2.01. The van der Waals surface area contributed by atoms with Crippen molar-refractivity contribution in [1.82, 2.24) is 0 Å². The van der Waals surface area contributed by atoms with E-state index >= 15 is 0 Å². The summed E-state index contributed by atoms with van der Waals surface area (Å²) in [6.45, 7) is 10.3. The summed E-state index contributed by atoms with van der Waals surface area (Å²) < 4.78 is 0. The van der Waals surface area contributed by atoms with Crippen molar-refractivity contribution in [3.63, 3.8) is 0 Å². The SMILES string of the molecule is C=C.CSc1ccc(C)cc1C. The summed E-state index contributed by atoms with van der Waals surface area (Å²) in [4.78, 5) is 1.38. The fourth-order valence-corrected chi connectivity index (χ4v) is 1.61. The molecular formula is C11H16S. The number of thioether (sulfide) groups is 1. The van der Waals surface area contributed by atoms with Crippen molar-refractivity contribution in [2.75, 3.05) is 6.26 Å². The van der Waals surface area contributed by atoms with Crippen LogP contribution in [0.3, 0.4) is 0 Å². The van der Waals surface area contributed by atoms with Crippen molar-refractivity contribution in [2.45, 2.75) is 18.7 Å². The van der Waals surface area contributed by atoms with Crippen LogP contribution in [0.15, 0.2) is 36.3 Å². The molecule has 0 unspecified atom stereocenters. The molecule has 0 radical (unpaired) electrons. The quantitative estimate of drug-likeness (QED) is 0.467. The number of benzene rings is 1. The molecule has 0 aliphatic carbocycles. The van der Waals surface area contributed by atoms with Gasteiger partial charge >= 0.3 is 0 Å². The van der Waals surface area contributed by atoms with Gasteiger partial charge in [0.15, 0.2) is 0 Å². The highest BCUT2D eigenvalue weighted by atomic mass is 32.2. The topological polar surface area (TPSA) is 0 Å². The van der Waals surface area contributed by atoms with Crippen LogP contribution in [0.2, 0.25) is 0 Å². The van der Waals surface area contributed by atoms with E-state index in [1.54, 1.807) is 11.8 Å². The average Bonchev–Trinajstić information content (AvgIpc) is 2.08. The smallest absolute Gasteiger partial charge is 0.00985 e. The van der Waals surface area contributed by atoms with Gasteiger partial charge in [0.1, 0.15) is 0 Å². The molecule has 66 valence electrons. The monoisotopic (exact) mass is 180 g/mol. The fourth-order valence-electron chi connectivity index (χ4n) is 1.03. The molecule has 0 atom stereocenters. The number of hydrogen-bond acceptors (Lipinski definition) is 1. The third-order valence-electron chi connectivity index (χ3n) is 1.55. The predicted molar refractivity (Wildman–Crippen MR) is 59.0 cm³/mol. The predicted octanol–water partition coefficient (Wildman–Crippen LogP) is 3.83. The van der Waals surface area contributed by atoms with E-state index in [1.807, 2.05) is 0 Å². The van der Waals surface area contributed by atoms with Gasteiger partial charge < -0.3 is 0 Å². The summed E-state index contributed by atoms with van der Waals surface area (Å²) in [6, 6.07) is 6.54. The molecule has 0 aliphatic rings. The van der Waals surface area contributed by atoms with Crippen LogP contribution in [0.5, 0.6) is 0 Å². The molecule has 1 aromatic carbocycles. The van der Waals surface area contributed by atoms with Crippen molar-refractivity contribution < 1.29 is 0 Å². The van der Waals surface area contributed by atoms with Crippen LogP contribution in [-0.2, 0) is 0 Å². The van der Waals surface area contributed by atoms with E-state index in [9.17, 15) is 0 Å². The standard InChI is InChI=1S/C9H12S.C2H4/c1-7-4-5-9(10-3)8(2)6-7;1-2/h4-6H,1-3H3;1-2H2. The third-order valence-corrected chi connectivity index (χ3v) is 2.45. The van der Waals surface area contributed by atoms with Crippen LogP contribution in [0.25, 0.3) is 0 Å². The maximum Gasteiger partial charge on any atom is 0.00985 e. The Morgan fingerprint density at radius 2 is 1.75 bits per heavy atom. The summed E-state index contributed by atoms with van der Waals surface area (Å²) >= 11 is 1.80. The molecule has 0 saturated carbocycles. The molecule has 1 heteroatoms. The first kappa shape index (κ1) is 11.3. The van der Waals surface area contributed by atoms with Crippen LogP contribution in [-0.4, -0.2) is 6.26 Å². The van der Waals surface area contributed by atoms with Gasteiger partial charge in [0.05, 0.1) is 0 Å². The second-order valence-electron chi connectivity index (χ2n) is 2.47. The number of hydrogen-bond donors (Lipinski definition) is 0. The molecule has 0 spiro atoms. The van der Waals surface area contributed by atoms with Crippen LogP contribution in [0.4, 0.5) is 0 Å². The Balaban J connectivity index is 0.000000561. The highest BCUT2D eigenvalue weighted by molar-refractivity contribution is 7.98. The van der Waals surface area contributed by atoms with Crippen molar-refractivity contribution in [3.8, 4) is 0 Å². The molecule has 1 aromatic rings. The molecule has 0 amide bonds. The third kappa shape index (κ3) is 3.14. The zero-order valence-corrected chi connectivity index (χ0v) is 8.87. The largest absolute Gasteiger partial charge is 0.129 e. The van der Waals surface area contributed by atoms with Crippen LogP contribution >= 0.6 is 11.8 Å². The van der Waals surface area contributed by atoms with Crippen LogP contribution < -0.4 is 0 Å². The minimum Gasteiger partial charge on any atom is -0.129 e. The molecule has 12 heavy (non-hydrogen) atoms. The Labute approximate surface area is 79.7 Å². The van der Waals surface area contributed by atoms with E-state index in [-0.39, 0.29) is 0 Å². The van der Waals surface area contributed by atoms with Crippen molar-refractivity contribution in [3.05, 3.63) is 42.5 Å². The second-order valence-corrected chi connectivity index (χ2v) is 3.32. The minimum atomic E-state index is 1.34. The van der Waals surface area contributed by atoms with E-state index in [0.717, 1.165) is 0 Å². The van der Waals surface area contributed by atoms with E-state index < -0.39 is 0 Å². The van der Waals surface area contributed by atoms with E-state index in [4.69, 9.17) is 0 Å². The maximum absolute atomic E-state index is 3.00. The molecular weight excluding hydrogens is 164 g/mol. The lowest BCUT2D eigenvalue weighted by Crippen LogP contribution is -1.79. The van der Waals surface area contributed by atoms with Gasteiger partial charge in [0, 0.05) is 4.90 Å². The molecule has 1 rings (SSSR count). The van der Waals surface area contributed by atoms with Gasteiger partial charge in [-0.2, -0.15) is 0 Å². The molecule has 0 N–H and O–H groups in total. The number of aryl methyl sites for hydroxylation is 2. The summed E-state index contributed by atoms with van der Waals surface area (Å²) in [5, 5.41) is 0. The molecule has 0 aliphatic heterocycles. The highest BCUT2D eigenvalue weighted by Gasteiger charge is 1.93. The van der Waals surface area contributed by atoms with E-state index in [1.165, 1.54) is 16.0 Å². The van der Waals surface area contributed by atoms with Crippen LogP contribution in [0.1, 0.15) is 11.1 Å². The normalized spacial score (nSPS) is 8.58. The molecule has 0 nitrogen and oxygen atoms in total. The van der Waals surface area contributed by atoms with Crippen molar-refractivity contribution in [1.29, 1.82) is 0 Å². The Kier molecular flexibility index (Phi) is 5.56. The van der Waals surface area contributed by atoms with Gasteiger partial charge in [0.25, 0.3) is 0 Å². The lowest BCUT2D eigenvalue weighted by molar-refractivity contribution is 1.27. The molecule has 0 saturated heterocycles. The molecule has 0 fully saturated rings. The van der Waals surface area contributed by atoms with Gasteiger partial charge in [-0.25, -0.2) is 0 Å². The first-order valence-corrected chi connectivity index (χ1v) is 5.08. The number of rotatable bonds is 1. The lowest BCUT2D eigenvalue weighted by atomic mass is 10.2. The summed E-state index contributed by atoms with van der Waals surface area (Å²) in [6.07, 6.45) is 2.11. The Hall–Kier alpha value is -0.690. The summed E-state index contributed by atoms with van der Waals surface area (Å²) in [7, 11) is 0.